The monoisotopic (exact) mass is 278 g/mol. The van der Waals surface area contributed by atoms with Gasteiger partial charge in [0.2, 0.25) is 0 Å². The van der Waals surface area contributed by atoms with Crippen LogP contribution in [0.5, 0.6) is 0 Å². The standard InChI is InChI=1S/C13H18N4O3/c1-8(9-5-6-9)7-15-13(18)10-3-2-4-11(17(19)20)12(10)16-14/h2-4,8-9,16H,5-7,14H2,1H3,(H,15,18). The molecule has 1 unspecified atom stereocenters. The summed E-state index contributed by atoms with van der Waals surface area (Å²) in [7, 11) is 0. The van der Waals surface area contributed by atoms with Crippen LogP contribution in [0.25, 0.3) is 0 Å². The smallest absolute Gasteiger partial charge is 0.294 e. The quantitative estimate of drug-likeness (QED) is 0.416. The van der Waals surface area contributed by atoms with Crippen LogP contribution < -0.4 is 16.6 Å². The van der Waals surface area contributed by atoms with Gasteiger partial charge in [-0.05, 0) is 30.7 Å². The molecule has 1 saturated carbocycles. The first kappa shape index (κ1) is 14.3. The molecule has 0 saturated heterocycles. The maximum Gasteiger partial charge on any atom is 0.294 e. The van der Waals surface area contributed by atoms with Crippen LogP contribution in [-0.4, -0.2) is 17.4 Å². The number of amides is 1. The number of nitrogens with two attached hydrogens (primary N) is 1. The fourth-order valence-corrected chi connectivity index (χ4v) is 2.21. The predicted octanol–water partition coefficient (Wildman–Crippen LogP) is 1.66. The van der Waals surface area contributed by atoms with Crippen molar-refractivity contribution in [3.05, 3.63) is 33.9 Å². The fraction of sp³-hybridized carbons (Fsp3) is 0.462. The Morgan fingerprint density at radius 1 is 1.55 bits per heavy atom. The van der Waals surface area contributed by atoms with Crippen molar-refractivity contribution in [2.24, 2.45) is 17.7 Å². The third-order valence-electron chi connectivity index (χ3n) is 3.64. The highest BCUT2D eigenvalue weighted by atomic mass is 16.6. The number of nitrogen functional groups attached to an aromatic ring is 1. The van der Waals surface area contributed by atoms with Crippen LogP contribution >= 0.6 is 0 Å². The van der Waals surface area contributed by atoms with Gasteiger partial charge in [-0.25, -0.2) is 0 Å². The van der Waals surface area contributed by atoms with E-state index in [2.05, 4.69) is 17.7 Å². The second kappa shape index (κ2) is 5.87. The first-order valence-electron chi connectivity index (χ1n) is 6.56. The van der Waals surface area contributed by atoms with Crippen LogP contribution in [0.15, 0.2) is 18.2 Å². The second-order valence-corrected chi connectivity index (χ2v) is 5.13. The second-order valence-electron chi connectivity index (χ2n) is 5.13. The molecule has 4 N–H and O–H groups in total. The molecule has 0 aromatic heterocycles. The Morgan fingerprint density at radius 2 is 2.25 bits per heavy atom. The number of carbonyl (C=O) groups is 1. The average Bonchev–Trinajstić information content (AvgIpc) is 3.27. The van der Waals surface area contributed by atoms with Crippen molar-refractivity contribution >= 4 is 17.3 Å². The maximum absolute atomic E-state index is 12.1. The lowest BCUT2D eigenvalue weighted by Crippen LogP contribution is -2.30. The number of nitrogens with zero attached hydrogens (tertiary/aromatic N) is 1. The molecular weight excluding hydrogens is 260 g/mol. The molecule has 0 bridgehead atoms. The van der Waals surface area contributed by atoms with E-state index in [-0.39, 0.29) is 22.8 Å². The average molecular weight is 278 g/mol. The third kappa shape index (κ3) is 3.05. The molecule has 7 nitrogen and oxygen atoms in total. The summed E-state index contributed by atoms with van der Waals surface area (Å²) in [6.07, 6.45) is 2.42. The summed E-state index contributed by atoms with van der Waals surface area (Å²) in [6, 6.07) is 4.29. The third-order valence-corrected chi connectivity index (χ3v) is 3.64. The van der Waals surface area contributed by atoms with E-state index in [4.69, 9.17) is 5.84 Å². The molecule has 1 atom stereocenters. The van der Waals surface area contributed by atoms with Gasteiger partial charge in [-0.15, -0.1) is 0 Å². The molecule has 20 heavy (non-hydrogen) atoms. The zero-order chi connectivity index (χ0) is 14.7. The van der Waals surface area contributed by atoms with Gasteiger partial charge in [-0.1, -0.05) is 13.0 Å². The topological polar surface area (TPSA) is 110 Å². The summed E-state index contributed by atoms with van der Waals surface area (Å²) in [5, 5.41) is 13.7. The SMILES string of the molecule is CC(CNC(=O)c1cccc([N+](=O)[O-])c1NN)C1CC1. The van der Waals surface area contributed by atoms with Crippen LogP contribution in [0.4, 0.5) is 11.4 Å². The van der Waals surface area contributed by atoms with Gasteiger partial charge in [-0.3, -0.25) is 20.8 Å². The summed E-state index contributed by atoms with van der Waals surface area (Å²) in [4.78, 5) is 22.4. The molecule has 1 aromatic carbocycles. The zero-order valence-electron chi connectivity index (χ0n) is 11.3. The first-order chi connectivity index (χ1) is 9.54. The van der Waals surface area contributed by atoms with Crippen LogP contribution in [0.1, 0.15) is 30.1 Å². The minimum Gasteiger partial charge on any atom is -0.352 e. The number of anilines is 1. The van der Waals surface area contributed by atoms with Gasteiger partial charge in [0.05, 0.1) is 10.5 Å². The van der Waals surface area contributed by atoms with E-state index in [1.165, 1.54) is 31.0 Å². The molecule has 1 fully saturated rings. The summed E-state index contributed by atoms with van der Waals surface area (Å²) >= 11 is 0. The Bertz CT molecular complexity index is 528. The Balaban J connectivity index is 2.12. The lowest BCUT2D eigenvalue weighted by molar-refractivity contribution is -0.384. The molecule has 1 aromatic rings. The van der Waals surface area contributed by atoms with E-state index in [1.807, 2.05) is 0 Å². The van der Waals surface area contributed by atoms with Crippen molar-refractivity contribution in [3.63, 3.8) is 0 Å². The van der Waals surface area contributed by atoms with Crippen LogP contribution in [0, 0.1) is 22.0 Å². The normalized spacial score (nSPS) is 15.5. The van der Waals surface area contributed by atoms with Crippen LogP contribution in [0.3, 0.4) is 0 Å². The molecule has 108 valence electrons. The Morgan fingerprint density at radius 3 is 2.80 bits per heavy atom. The van der Waals surface area contributed by atoms with Crippen molar-refractivity contribution in [2.45, 2.75) is 19.8 Å². The van der Waals surface area contributed by atoms with Gasteiger partial charge in [0.25, 0.3) is 11.6 Å². The van der Waals surface area contributed by atoms with E-state index >= 15 is 0 Å². The van der Waals surface area contributed by atoms with Crippen molar-refractivity contribution in [3.8, 4) is 0 Å². The largest absolute Gasteiger partial charge is 0.352 e. The van der Waals surface area contributed by atoms with E-state index in [1.54, 1.807) is 0 Å². The highest BCUT2D eigenvalue weighted by Gasteiger charge is 2.28. The molecule has 0 radical (unpaired) electrons. The van der Waals surface area contributed by atoms with Crippen molar-refractivity contribution in [1.29, 1.82) is 0 Å². The van der Waals surface area contributed by atoms with Crippen LogP contribution in [0.2, 0.25) is 0 Å². The number of rotatable bonds is 6. The maximum atomic E-state index is 12.1. The van der Waals surface area contributed by atoms with E-state index in [9.17, 15) is 14.9 Å². The Labute approximate surface area is 116 Å². The lowest BCUT2D eigenvalue weighted by Gasteiger charge is -2.13. The first-order valence-corrected chi connectivity index (χ1v) is 6.56. The summed E-state index contributed by atoms with van der Waals surface area (Å²) in [5.41, 5.74) is 2.26. The van der Waals surface area contributed by atoms with Crippen LogP contribution in [-0.2, 0) is 0 Å². The van der Waals surface area contributed by atoms with E-state index in [0.29, 0.717) is 18.4 Å². The number of carbonyl (C=O) groups excluding carboxylic acids is 1. The summed E-state index contributed by atoms with van der Waals surface area (Å²) in [6.45, 7) is 2.66. The molecule has 2 rings (SSSR count). The van der Waals surface area contributed by atoms with Gasteiger partial charge < -0.3 is 10.7 Å². The van der Waals surface area contributed by atoms with Gasteiger partial charge in [0, 0.05) is 12.6 Å². The number of nitro groups is 1. The number of hydrogen-bond acceptors (Lipinski definition) is 5. The number of nitro benzene ring substituents is 1. The zero-order valence-corrected chi connectivity index (χ0v) is 11.3. The van der Waals surface area contributed by atoms with E-state index in [0.717, 1.165) is 0 Å². The molecule has 0 heterocycles. The number of benzene rings is 1. The van der Waals surface area contributed by atoms with Crippen molar-refractivity contribution in [2.75, 3.05) is 12.0 Å². The summed E-state index contributed by atoms with van der Waals surface area (Å²) < 4.78 is 0. The lowest BCUT2D eigenvalue weighted by atomic mass is 10.1. The molecule has 1 amide bonds. The molecule has 7 heteroatoms. The fourth-order valence-electron chi connectivity index (χ4n) is 2.21. The minimum absolute atomic E-state index is 0.0362. The van der Waals surface area contributed by atoms with Crippen molar-refractivity contribution < 1.29 is 9.72 Å². The number of para-hydroxylation sites is 1. The summed E-state index contributed by atoms with van der Waals surface area (Å²) in [5.74, 6) is 6.06. The van der Waals surface area contributed by atoms with Gasteiger partial charge >= 0.3 is 0 Å². The number of hydrogen-bond donors (Lipinski definition) is 3. The van der Waals surface area contributed by atoms with Gasteiger partial charge in [0.1, 0.15) is 5.69 Å². The number of hydrazine groups is 1. The van der Waals surface area contributed by atoms with Gasteiger partial charge in [0.15, 0.2) is 0 Å². The Hall–Kier alpha value is -2.15. The highest BCUT2D eigenvalue weighted by molar-refractivity contribution is 6.01. The number of nitrogens with one attached hydrogen (secondary N) is 2. The molecule has 0 spiro atoms. The van der Waals surface area contributed by atoms with Gasteiger partial charge in [-0.2, -0.15) is 0 Å². The highest BCUT2D eigenvalue weighted by Crippen LogP contribution is 2.36. The Kier molecular flexibility index (Phi) is 4.19. The minimum atomic E-state index is -0.571. The van der Waals surface area contributed by atoms with Crippen molar-refractivity contribution in [1.82, 2.24) is 5.32 Å². The van der Waals surface area contributed by atoms with E-state index < -0.39 is 4.92 Å². The molecular formula is C13H18N4O3. The molecule has 1 aliphatic carbocycles. The molecule has 0 aliphatic heterocycles. The predicted molar refractivity (Wildman–Crippen MR) is 75.1 cm³/mol. The molecule has 1 aliphatic rings.